The van der Waals surface area contributed by atoms with Crippen LogP contribution in [0.4, 0.5) is 5.69 Å². The van der Waals surface area contributed by atoms with E-state index in [2.05, 4.69) is 30.0 Å². The molecule has 8 heteroatoms. The Hall–Kier alpha value is -3.71. The predicted octanol–water partition coefficient (Wildman–Crippen LogP) is 4.87. The van der Waals surface area contributed by atoms with Crippen molar-refractivity contribution in [2.24, 2.45) is 5.92 Å². The molecule has 0 radical (unpaired) electrons. The number of hydrogen-bond acceptors (Lipinski definition) is 5. The van der Waals surface area contributed by atoms with Gasteiger partial charge in [-0.1, -0.05) is 41.9 Å². The number of rotatable bonds is 6. The van der Waals surface area contributed by atoms with Crippen LogP contribution >= 0.6 is 11.6 Å². The van der Waals surface area contributed by atoms with Crippen molar-refractivity contribution in [1.82, 2.24) is 9.80 Å². The van der Waals surface area contributed by atoms with Crippen molar-refractivity contribution in [3.05, 3.63) is 88.4 Å². The minimum atomic E-state index is -0.414. The normalized spacial score (nSPS) is 19.2. The largest absolute Gasteiger partial charge is 0.497 e. The lowest BCUT2D eigenvalue weighted by Gasteiger charge is -2.38. The van der Waals surface area contributed by atoms with Gasteiger partial charge in [0.05, 0.1) is 30.7 Å². The lowest BCUT2D eigenvalue weighted by Crippen LogP contribution is -2.51. The first kappa shape index (κ1) is 26.9. The summed E-state index contributed by atoms with van der Waals surface area (Å²) in [5.41, 5.74) is 3.74. The minimum absolute atomic E-state index is 0.0590. The summed E-state index contributed by atoms with van der Waals surface area (Å²) in [5.74, 6) is 0.580. The molecule has 3 aromatic carbocycles. The maximum absolute atomic E-state index is 14.1. The molecule has 2 saturated heterocycles. The molecule has 2 aliphatic heterocycles. The Labute approximate surface area is 234 Å². The van der Waals surface area contributed by atoms with Gasteiger partial charge in [0.2, 0.25) is 5.91 Å². The van der Waals surface area contributed by atoms with Gasteiger partial charge in [-0.2, -0.15) is 0 Å². The molecule has 5 rings (SSSR count). The van der Waals surface area contributed by atoms with Crippen LogP contribution in [0.5, 0.6) is 11.5 Å². The van der Waals surface area contributed by atoms with Gasteiger partial charge in [0.15, 0.2) is 0 Å². The zero-order valence-corrected chi connectivity index (χ0v) is 23.4. The quantitative estimate of drug-likeness (QED) is 0.440. The first-order chi connectivity index (χ1) is 18.9. The zero-order chi connectivity index (χ0) is 27.5. The Morgan fingerprint density at radius 1 is 0.846 bits per heavy atom. The highest BCUT2D eigenvalue weighted by Crippen LogP contribution is 2.41. The second-order valence-electron chi connectivity index (χ2n) is 10.1. The molecule has 204 valence electrons. The molecule has 0 saturated carbocycles. The fraction of sp³-hybridized carbons (Fsp3) is 0.355. The third kappa shape index (κ3) is 5.41. The fourth-order valence-electron chi connectivity index (χ4n) is 5.79. The molecule has 2 atom stereocenters. The lowest BCUT2D eigenvalue weighted by molar-refractivity contribution is -0.135. The van der Waals surface area contributed by atoms with E-state index in [0.717, 1.165) is 18.7 Å². The van der Waals surface area contributed by atoms with Gasteiger partial charge in [-0.3, -0.25) is 9.59 Å². The van der Waals surface area contributed by atoms with Crippen LogP contribution in [0.1, 0.15) is 27.4 Å². The summed E-state index contributed by atoms with van der Waals surface area (Å²) in [6.07, 6.45) is 0. The summed E-state index contributed by atoms with van der Waals surface area (Å²) >= 11 is 6.37. The van der Waals surface area contributed by atoms with E-state index in [1.54, 1.807) is 43.4 Å². The lowest BCUT2D eigenvalue weighted by atomic mass is 9.87. The van der Waals surface area contributed by atoms with Crippen molar-refractivity contribution >= 4 is 29.1 Å². The van der Waals surface area contributed by atoms with Crippen LogP contribution in [0.25, 0.3) is 0 Å². The number of anilines is 1. The number of carbonyl (C=O) groups is 2. The van der Waals surface area contributed by atoms with Gasteiger partial charge < -0.3 is 24.2 Å². The number of methoxy groups -OCH3 is 2. The van der Waals surface area contributed by atoms with Gasteiger partial charge in [-0.05, 0) is 48.9 Å². The summed E-state index contributed by atoms with van der Waals surface area (Å²) in [4.78, 5) is 33.7. The molecule has 3 aromatic rings. The SMILES string of the molecule is COc1ccc(OC)c(C2CN(C(=O)c3ccccc3Cl)CC2C(=O)N2CCN(c3ccccc3C)CC2)c1. The van der Waals surface area contributed by atoms with Crippen molar-refractivity contribution < 1.29 is 19.1 Å². The van der Waals surface area contributed by atoms with E-state index in [1.165, 1.54) is 11.3 Å². The summed E-state index contributed by atoms with van der Waals surface area (Å²) < 4.78 is 11.2. The number of para-hydroxylation sites is 1. The average Bonchev–Trinajstić information content (AvgIpc) is 3.42. The number of carbonyl (C=O) groups excluding carboxylic acids is 2. The Bertz CT molecular complexity index is 1360. The number of hydrogen-bond donors (Lipinski definition) is 0. The van der Waals surface area contributed by atoms with Crippen LogP contribution in [-0.4, -0.2) is 75.1 Å². The third-order valence-corrected chi connectivity index (χ3v) is 8.24. The number of aryl methyl sites for hydroxylation is 1. The summed E-state index contributed by atoms with van der Waals surface area (Å²) in [6, 6.07) is 21.0. The van der Waals surface area contributed by atoms with Crippen LogP contribution in [0.15, 0.2) is 66.7 Å². The molecule has 2 heterocycles. The number of likely N-dealkylation sites (tertiary alicyclic amines) is 1. The summed E-state index contributed by atoms with van der Waals surface area (Å²) in [5, 5.41) is 0.403. The zero-order valence-electron chi connectivity index (χ0n) is 22.6. The molecule has 7 nitrogen and oxygen atoms in total. The number of benzene rings is 3. The average molecular weight is 548 g/mol. The molecule has 0 N–H and O–H groups in total. The van der Waals surface area contributed by atoms with Crippen LogP contribution in [0.2, 0.25) is 5.02 Å². The monoisotopic (exact) mass is 547 g/mol. The van der Waals surface area contributed by atoms with E-state index in [1.807, 2.05) is 29.2 Å². The molecular formula is C31H34ClN3O4. The molecule has 0 spiro atoms. The Balaban J connectivity index is 1.41. The maximum atomic E-state index is 14.1. The van der Waals surface area contributed by atoms with Gasteiger partial charge in [0.1, 0.15) is 11.5 Å². The van der Waals surface area contributed by atoms with Crippen LogP contribution in [0.3, 0.4) is 0 Å². The van der Waals surface area contributed by atoms with Crippen LogP contribution < -0.4 is 14.4 Å². The molecule has 2 unspecified atom stereocenters. The van der Waals surface area contributed by atoms with Gasteiger partial charge in [-0.25, -0.2) is 0 Å². The molecule has 0 aromatic heterocycles. The Kier molecular flexibility index (Phi) is 7.98. The molecule has 2 fully saturated rings. The van der Waals surface area contributed by atoms with Crippen molar-refractivity contribution in [1.29, 1.82) is 0 Å². The van der Waals surface area contributed by atoms with Gasteiger partial charge in [0.25, 0.3) is 5.91 Å². The number of amides is 2. The molecule has 2 amide bonds. The molecule has 0 aliphatic carbocycles. The number of piperazine rings is 1. The second-order valence-corrected chi connectivity index (χ2v) is 10.5. The van der Waals surface area contributed by atoms with Crippen molar-refractivity contribution in [2.45, 2.75) is 12.8 Å². The molecule has 39 heavy (non-hydrogen) atoms. The van der Waals surface area contributed by atoms with Crippen LogP contribution in [-0.2, 0) is 4.79 Å². The molecule has 2 aliphatic rings. The number of ether oxygens (including phenoxy) is 2. The number of halogens is 1. The summed E-state index contributed by atoms with van der Waals surface area (Å²) in [7, 11) is 3.23. The van der Waals surface area contributed by atoms with Crippen LogP contribution in [0, 0.1) is 12.8 Å². The first-order valence-electron chi connectivity index (χ1n) is 13.3. The standard InChI is InChI=1S/C31H34ClN3O4/c1-21-8-4-7-11-28(21)33-14-16-34(17-15-33)31(37)26-20-35(30(36)23-9-5-6-10-27(23)32)19-25(26)24-18-22(38-2)12-13-29(24)39-3/h4-13,18,25-26H,14-17,19-20H2,1-3H3. The Morgan fingerprint density at radius 2 is 1.56 bits per heavy atom. The van der Waals surface area contributed by atoms with Crippen molar-refractivity contribution in [3.63, 3.8) is 0 Å². The van der Waals surface area contributed by atoms with E-state index in [-0.39, 0.29) is 17.7 Å². The van der Waals surface area contributed by atoms with Gasteiger partial charge in [-0.15, -0.1) is 0 Å². The maximum Gasteiger partial charge on any atom is 0.255 e. The van der Waals surface area contributed by atoms with E-state index in [9.17, 15) is 9.59 Å². The predicted molar refractivity (Wildman–Crippen MR) is 153 cm³/mol. The van der Waals surface area contributed by atoms with E-state index < -0.39 is 5.92 Å². The highest BCUT2D eigenvalue weighted by Gasteiger charge is 2.44. The van der Waals surface area contributed by atoms with Crippen molar-refractivity contribution in [2.75, 3.05) is 58.4 Å². The van der Waals surface area contributed by atoms with Gasteiger partial charge >= 0.3 is 0 Å². The highest BCUT2D eigenvalue weighted by atomic mass is 35.5. The first-order valence-corrected chi connectivity index (χ1v) is 13.6. The van der Waals surface area contributed by atoms with Gasteiger partial charge in [0, 0.05) is 56.4 Å². The highest BCUT2D eigenvalue weighted by molar-refractivity contribution is 6.33. The van der Waals surface area contributed by atoms with E-state index in [0.29, 0.717) is 48.3 Å². The number of nitrogens with zero attached hydrogens (tertiary/aromatic N) is 3. The Morgan fingerprint density at radius 3 is 2.26 bits per heavy atom. The summed E-state index contributed by atoms with van der Waals surface area (Å²) in [6.45, 7) is 5.59. The smallest absolute Gasteiger partial charge is 0.255 e. The van der Waals surface area contributed by atoms with Crippen molar-refractivity contribution in [3.8, 4) is 11.5 Å². The molecule has 0 bridgehead atoms. The fourth-order valence-corrected chi connectivity index (χ4v) is 6.01. The minimum Gasteiger partial charge on any atom is -0.497 e. The second kappa shape index (κ2) is 11.6. The molecular weight excluding hydrogens is 514 g/mol. The third-order valence-electron chi connectivity index (χ3n) is 7.91. The van der Waals surface area contributed by atoms with E-state index in [4.69, 9.17) is 21.1 Å². The topological polar surface area (TPSA) is 62.3 Å². The van der Waals surface area contributed by atoms with E-state index >= 15 is 0 Å².